The highest BCUT2D eigenvalue weighted by molar-refractivity contribution is 5.79. The minimum absolute atomic E-state index is 0.0612. The molecule has 0 aliphatic heterocycles. The Morgan fingerprint density at radius 2 is 0.929 bits per heavy atom. The van der Waals surface area contributed by atoms with E-state index in [4.69, 9.17) is 28.4 Å². The van der Waals surface area contributed by atoms with E-state index in [2.05, 4.69) is 52.0 Å². The van der Waals surface area contributed by atoms with Crippen LogP contribution in [-0.4, -0.2) is 67.5 Å². The zero-order valence-electron chi connectivity index (χ0n) is 55.4. The van der Waals surface area contributed by atoms with Crippen molar-refractivity contribution in [2.75, 3.05) is 13.2 Å². The number of Topliss-reactive ketones (excluding diaryl/α,β-unsaturated/α-hetero) is 1. The van der Waals surface area contributed by atoms with Crippen LogP contribution in [0.4, 0.5) is 4.79 Å². The fraction of sp³-hybridized carbons (Fsp3) is 0.863. The predicted octanol–water partition coefficient (Wildman–Crippen LogP) is 19.6. The van der Waals surface area contributed by atoms with Crippen molar-refractivity contribution in [3.63, 3.8) is 0 Å². The number of fused-ring (bicyclic) bond motifs is 5. The van der Waals surface area contributed by atoms with Gasteiger partial charge in [-0.05, 0) is 188 Å². The number of hydrogen-bond donors (Lipinski definition) is 0. The quantitative estimate of drug-likeness (QED) is 0.0187. The van der Waals surface area contributed by atoms with E-state index in [1.807, 2.05) is 13.8 Å². The third-order valence-corrected chi connectivity index (χ3v) is 20.6. The summed E-state index contributed by atoms with van der Waals surface area (Å²) in [5.74, 6) is 1.19. The average molecular weight is 1190 g/mol. The van der Waals surface area contributed by atoms with E-state index in [1.54, 1.807) is 6.92 Å². The molecule has 4 aliphatic rings. The van der Waals surface area contributed by atoms with Crippen LogP contribution in [0.2, 0.25) is 0 Å². The third kappa shape index (κ3) is 28.6. The van der Waals surface area contributed by atoms with Gasteiger partial charge in [0.2, 0.25) is 6.29 Å². The summed E-state index contributed by atoms with van der Waals surface area (Å²) in [6.07, 6.45) is 48.2. The van der Waals surface area contributed by atoms with E-state index in [0.29, 0.717) is 42.3 Å². The van der Waals surface area contributed by atoms with Gasteiger partial charge in [0.1, 0.15) is 25.1 Å². The van der Waals surface area contributed by atoms with Gasteiger partial charge in [0.15, 0.2) is 6.10 Å². The number of ketones is 1. The number of carbonyl (C=O) groups excluding carboxylic acids is 6. The molecule has 0 aromatic rings. The topological polar surface area (TPSA) is 158 Å². The van der Waals surface area contributed by atoms with E-state index < -0.39 is 30.5 Å². The minimum Gasteiger partial charge on any atom is -0.462 e. The lowest BCUT2D eigenvalue weighted by molar-refractivity contribution is -0.172. The lowest BCUT2D eigenvalue weighted by Gasteiger charge is -2.61. The monoisotopic (exact) mass is 1190 g/mol. The maximum atomic E-state index is 13.3. The smallest absolute Gasteiger partial charge is 0.462 e. The first-order chi connectivity index (χ1) is 41.0. The number of ether oxygens (including phenoxy) is 6. The average Bonchev–Trinajstić information content (AvgIpc) is 1.79. The molecule has 0 aromatic heterocycles. The molecule has 12 heteroatoms. The molecule has 4 rings (SSSR count). The van der Waals surface area contributed by atoms with E-state index >= 15 is 0 Å². The highest BCUT2D eigenvalue weighted by atomic mass is 16.8. The zero-order valence-corrected chi connectivity index (χ0v) is 55.4. The summed E-state index contributed by atoms with van der Waals surface area (Å²) < 4.78 is 33.8. The number of allylic oxidation sites excluding steroid dienone is 4. The Morgan fingerprint density at radius 1 is 0.482 bits per heavy atom. The fourth-order valence-electron chi connectivity index (χ4n) is 15.4. The van der Waals surface area contributed by atoms with Crippen LogP contribution in [0.1, 0.15) is 319 Å². The lowest BCUT2D eigenvalue weighted by Crippen LogP contribution is -2.54. The molecule has 4 saturated carbocycles. The maximum absolute atomic E-state index is 13.3. The summed E-state index contributed by atoms with van der Waals surface area (Å²) in [6.45, 7) is 16.2. The molecule has 4 unspecified atom stereocenters. The molecule has 4 aliphatic carbocycles. The fourth-order valence-corrected chi connectivity index (χ4v) is 15.4. The summed E-state index contributed by atoms with van der Waals surface area (Å²) >= 11 is 0. The number of esters is 4. The molecule has 4 fully saturated rings. The number of carbonyl (C=O) groups is 6. The van der Waals surface area contributed by atoms with Gasteiger partial charge in [-0.1, -0.05) is 169 Å². The molecular formula is C73H124O12. The maximum Gasteiger partial charge on any atom is 0.511 e. The van der Waals surface area contributed by atoms with Crippen molar-refractivity contribution in [2.45, 2.75) is 337 Å². The normalized spacial score (nSPS) is 25.0. The molecule has 0 spiro atoms. The van der Waals surface area contributed by atoms with Crippen LogP contribution in [0.25, 0.3) is 0 Å². The van der Waals surface area contributed by atoms with Gasteiger partial charge in [0, 0.05) is 38.5 Å². The zero-order chi connectivity index (χ0) is 61.7. The standard InChI is InChI=1S/C73H124O12/c1-9-11-13-15-17-19-21-23-25-27-29-31-33-35-37-39-67(75)80-54-62(55-81-68(76)40-38-36-34-32-30-28-26-24-22-20-18-16-14-12-10-2)84-70(78)52-57(4)42-41-56(3)51-69(77)82-59(6)83-71(79)85-61-47-49-72(7)60(53-61)43-44-63-65-46-45-64(58(5)74)73(65,8)50-48-66(63)72/h23-26,56-57,59-66H,9-22,27-55H2,1-8H3/b25-23-,26-24?/t56?,57?,59?,60-,61-,62?,63-,64+,65-,66-,72-,73+/m0/s1. The van der Waals surface area contributed by atoms with Crippen LogP contribution < -0.4 is 0 Å². The number of rotatable bonds is 46. The second-order valence-electron chi connectivity index (χ2n) is 27.7. The van der Waals surface area contributed by atoms with Crippen molar-refractivity contribution in [3.8, 4) is 0 Å². The van der Waals surface area contributed by atoms with E-state index in [9.17, 15) is 28.8 Å². The molecule has 0 bridgehead atoms. The van der Waals surface area contributed by atoms with Crippen molar-refractivity contribution in [2.24, 2.45) is 52.3 Å². The lowest BCUT2D eigenvalue weighted by atomic mass is 9.44. The van der Waals surface area contributed by atoms with Crippen LogP contribution in [0, 0.1) is 52.3 Å². The molecule has 0 saturated heterocycles. The highest BCUT2D eigenvalue weighted by Gasteiger charge is 2.61. The molecule has 0 amide bonds. The first kappa shape index (κ1) is 73.8. The molecule has 488 valence electrons. The first-order valence-corrected chi connectivity index (χ1v) is 35.4. The molecule has 0 aromatic carbocycles. The molecular weight excluding hydrogens is 1070 g/mol. The van der Waals surface area contributed by atoms with Gasteiger partial charge >= 0.3 is 30.0 Å². The van der Waals surface area contributed by atoms with Gasteiger partial charge in [-0.3, -0.25) is 24.0 Å². The van der Waals surface area contributed by atoms with Gasteiger partial charge in [-0.25, -0.2) is 4.79 Å². The highest BCUT2D eigenvalue weighted by Crippen LogP contribution is 2.67. The molecule has 0 heterocycles. The second kappa shape index (κ2) is 42.3. The SMILES string of the molecule is CCCCCCCCC=CCCCCCCCC(=O)OCC(COC(=O)CCCCCCC/C=C\CCCCCCCC)OC(=O)CC(C)CCC(C)CC(=O)OC(C)OC(=O)O[C@H]1CC[C@@]2(C)[C@@H](CC[C@@H]3[C@@H]2CC[C@]2(C)[C@@H](C(C)=O)CC[C@@H]32)C1. The Morgan fingerprint density at radius 3 is 1.42 bits per heavy atom. The van der Waals surface area contributed by atoms with Gasteiger partial charge in [0.05, 0.1) is 0 Å². The summed E-state index contributed by atoms with van der Waals surface area (Å²) in [5.41, 5.74) is 0.339. The predicted molar refractivity (Wildman–Crippen MR) is 340 cm³/mol. The summed E-state index contributed by atoms with van der Waals surface area (Å²) in [7, 11) is 0. The van der Waals surface area contributed by atoms with E-state index in [0.717, 1.165) is 116 Å². The Bertz CT molecular complexity index is 1910. The number of hydrogen-bond acceptors (Lipinski definition) is 12. The first-order valence-electron chi connectivity index (χ1n) is 35.4. The van der Waals surface area contributed by atoms with Gasteiger partial charge in [-0.15, -0.1) is 0 Å². The van der Waals surface area contributed by atoms with Crippen LogP contribution in [0.5, 0.6) is 0 Å². The van der Waals surface area contributed by atoms with Crippen LogP contribution in [0.15, 0.2) is 24.3 Å². The van der Waals surface area contributed by atoms with Crippen LogP contribution >= 0.6 is 0 Å². The van der Waals surface area contributed by atoms with Crippen molar-refractivity contribution < 1.29 is 57.2 Å². The largest absolute Gasteiger partial charge is 0.511 e. The van der Waals surface area contributed by atoms with Crippen molar-refractivity contribution in [1.29, 1.82) is 0 Å². The van der Waals surface area contributed by atoms with Crippen molar-refractivity contribution in [1.82, 2.24) is 0 Å². The van der Waals surface area contributed by atoms with Gasteiger partial charge in [-0.2, -0.15) is 0 Å². The summed E-state index contributed by atoms with van der Waals surface area (Å²) in [6, 6.07) is 0. The molecule has 12 atom stereocenters. The van der Waals surface area contributed by atoms with Crippen LogP contribution in [-0.2, 0) is 52.4 Å². The van der Waals surface area contributed by atoms with Gasteiger partial charge in [0.25, 0.3) is 0 Å². The van der Waals surface area contributed by atoms with Crippen molar-refractivity contribution in [3.05, 3.63) is 24.3 Å². The molecule has 0 N–H and O–H groups in total. The van der Waals surface area contributed by atoms with E-state index in [1.165, 1.54) is 116 Å². The number of unbranched alkanes of at least 4 members (excludes halogenated alkanes) is 22. The van der Waals surface area contributed by atoms with Gasteiger partial charge < -0.3 is 28.4 Å². The Balaban J connectivity index is 1.11. The summed E-state index contributed by atoms with van der Waals surface area (Å²) in [4.78, 5) is 77.6. The molecule has 85 heavy (non-hydrogen) atoms. The Hall–Kier alpha value is -3.70. The second-order valence-corrected chi connectivity index (χ2v) is 27.7. The minimum atomic E-state index is -1.10. The molecule has 0 radical (unpaired) electrons. The Labute approximate surface area is 517 Å². The van der Waals surface area contributed by atoms with Crippen molar-refractivity contribution >= 4 is 35.8 Å². The Kier molecular flexibility index (Phi) is 36.7. The van der Waals surface area contributed by atoms with Crippen LogP contribution in [0.3, 0.4) is 0 Å². The third-order valence-electron chi connectivity index (χ3n) is 20.6. The molecule has 12 nitrogen and oxygen atoms in total. The van der Waals surface area contributed by atoms with E-state index in [-0.39, 0.29) is 85.5 Å². The summed E-state index contributed by atoms with van der Waals surface area (Å²) in [5, 5.41) is 0.